The fourth-order valence-electron chi connectivity index (χ4n) is 1.71. The summed E-state index contributed by atoms with van der Waals surface area (Å²) in [5.74, 6) is 1.12. The highest BCUT2D eigenvalue weighted by atomic mass is 16.5. The van der Waals surface area contributed by atoms with Crippen LogP contribution in [0, 0.1) is 0 Å². The van der Waals surface area contributed by atoms with E-state index in [0.29, 0.717) is 18.1 Å². The number of carbonyl (C=O) groups is 1. The maximum Gasteiger partial charge on any atom is 0.244 e. The van der Waals surface area contributed by atoms with Crippen LogP contribution in [-0.4, -0.2) is 39.9 Å². The predicted octanol–water partition coefficient (Wildman–Crippen LogP) is 1.87. The first-order chi connectivity index (χ1) is 9.60. The van der Waals surface area contributed by atoms with Crippen molar-refractivity contribution < 1.29 is 19.0 Å². The summed E-state index contributed by atoms with van der Waals surface area (Å²) in [5.41, 5.74) is 0.859. The Morgan fingerprint density at radius 2 is 1.95 bits per heavy atom. The molecule has 5 heteroatoms. The smallest absolute Gasteiger partial charge is 0.244 e. The monoisotopic (exact) mass is 279 g/mol. The van der Waals surface area contributed by atoms with Gasteiger partial charge in [-0.2, -0.15) is 0 Å². The molecule has 0 saturated heterocycles. The van der Waals surface area contributed by atoms with Crippen molar-refractivity contribution in [2.45, 2.75) is 13.0 Å². The summed E-state index contributed by atoms with van der Waals surface area (Å²) in [4.78, 5) is 11.7. The van der Waals surface area contributed by atoms with Crippen molar-refractivity contribution >= 4 is 12.0 Å². The van der Waals surface area contributed by atoms with Crippen molar-refractivity contribution in [3.05, 3.63) is 29.8 Å². The van der Waals surface area contributed by atoms with Gasteiger partial charge in [-0.05, 0) is 30.7 Å². The third kappa shape index (κ3) is 4.93. The molecule has 1 unspecified atom stereocenters. The van der Waals surface area contributed by atoms with Gasteiger partial charge in [0, 0.05) is 19.2 Å². The molecule has 0 bridgehead atoms. The summed E-state index contributed by atoms with van der Waals surface area (Å²) < 4.78 is 15.3. The molecule has 1 aromatic rings. The number of benzene rings is 1. The van der Waals surface area contributed by atoms with Crippen molar-refractivity contribution in [3.8, 4) is 11.5 Å². The summed E-state index contributed by atoms with van der Waals surface area (Å²) in [6.07, 6.45) is 3.20. The minimum Gasteiger partial charge on any atom is -0.493 e. The molecule has 0 aliphatic heterocycles. The van der Waals surface area contributed by atoms with E-state index in [1.807, 2.05) is 13.0 Å². The van der Waals surface area contributed by atoms with Gasteiger partial charge in [-0.1, -0.05) is 6.07 Å². The van der Waals surface area contributed by atoms with Crippen LogP contribution in [0.5, 0.6) is 11.5 Å². The van der Waals surface area contributed by atoms with Gasteiger partial charge in [0.1, 0.15) is 0 Å². The molecule has 1 N–H and O–H groups in total. The Balaban J connectivity index is 2.68. The van der Waals surface area contributed by atoms with Gasteiger partial charge >= 0.3 is 0 Å². The molecule has 1 atom stereocenters. The second-order valence-electron chi connectivity index (χ2n) is 4.31. The molecule has 1 aromatic carbocycles. The molecule has 0 aromatic heterocycles. The highest BCUT2D eigenvalue weighted by Crippen LogP contribution is 2.27. The highest BCUT2D eigenvalue weighted by molar-refractivity contribution is 5.92. The lowest BCUT2D eigenvalue weighted by molar-refractivity contribution is -0.117. The van der Waals surface area contributed by atoms with E-state index < -0.39 is 0 Å². The zero-order chi connectivity index (χ0) is 15.0. The standard InChI is InChI=1S/C15H21NO4/c1-11(10-18-2)16-15(17)8-6-12-5-7-13(19-3)14(9-12)20-4/h5-9,11H,10H2,1-4H3,(H,16,17)/b8-6+. The van der Waals surface area contributed by atoms with Crippen LogP contribution in [-0.2, 0) is 9.53 Å². The van der Waals surface area contributed by atoms with Gasteiger partial charge in [0.15, 0.2) is 11.5 Å². The Morgan fingerprint density at radius 1 is 1.25 bits per heavy atom. The molecule has 1 amide bonds. The molecule has 0 saturated carbocycles. The molecule has 0 aliphatic rings. The normalized spacial score (nSPS) is 12.2. The van der Waals surface area contributed by atoms with Gasteiger partial charge in [0.25, 0.3) is 0 Å². The van der Waals surface area contributed by atoms with E-state index in [9.17, 15) is 4.79 Å². The Labute approximate surface area is 119 Å². The lowest BCUT2D eigenvalue weighted by atomic mass is 10.2. The number of hydrogen-bond acceptors (Lipinski definition) is 4. The third-order valence-corrected chi connectivity index (χ3v) is 2.64. The lowest BCUT2D eigenvalue weighted by Crippen LogP contribution is -2.34. The van der Waals surface area contributed by atoms with E-state index in [2.05, 4.69) is 5.32 Å². The van der Waals surface area contributed by atoms with Crippen molar-refractivity contribution in [3.63, 3.8) is 0 Å². The van der Waals surface area contributed by atoms with Gasteiger partial charge in [0.2, 0.25) is 5.91 Å². The summed E-state index contributed by atoms with van der Waals surface area (Å²) in [6, 6.07) is 5.43. The van der Waals surface area contributed by atoms with Crippen LogP contribution >= 0.6 is 0 Å². The molecular weight excluding hydrogens is 258 g/mol. The van der Waals surface area contributed by atoms with Gasteiger partial charge in [-0.25, -0.2) is 0 Å². The first-order valence-corrected chi connectivity index (χ1v) is 6.30. The van der Waals surface area contributed by atoms with Crippen LogP contribution in [0.3, 0.4) is 0 Å². The molecule has 0 aliphatic carbocycles. The number of ether oxygens (including phenoxy) is 3. The highest BCUT2D eigenvalue weighted by Gasteiger charge is 2.05. The van der Waals surface area contributed by atoms with Crippen molar-refractivity contribution in [1.82, 2.24) is 5.32 Å². The zero-order valence-corrected chi connectivity index (χ0v) is 12.3. The Kier molecular flexibility index (Phi) is 6.59. The second kappa shape index (κ2) is 8.22. The van der Waals surface area contributed by atoms with E-state index in [4.69, 9.17) is 14.2 Å². The molecule has 1 rings (SSSR count). The number of rotatable bonds is 7. The quantitative estimate of drug-likeness (QED) is 0.774. The van der Waals surface area contributed by atoms with Crippen LogP contribution in [0.2, 0.25) is 0 Å². The molecular formula is C15H21NO4. The predicted molar refractivity (Wildman–Crippen MR) is 78.1 cm³/mol. The molecule has 0 radical (unpaired) electrons. The van der Waals surface area contributed by atoms with Gasteiger partial charge < -0.3 is 19.5 Å². The topological polar surface area (TPSA) is 56.8 Å². The first kappa shape index (κ1) is 16.0. The fraction of sp³-hybridized carbons (Fsp3) is 0.400. The SMILES string of the molecule is COCC(C)NC(=O)/C=C/c1ccc(OC)c(OC)c1. The number of amides is 1. The van der Waals surface area contributed by atoms with E-state index in [1.54, 1.807) is 39.5 Å². The van der Waals surface area contributed by atoms with Crippen molar-refractivity contribution in [2.75, 3.05) is 27.9 Å². The molecule has 0 spiro atoms. The van der Waals surface area contributed by atoms with Crippen LogP contribution in [0.25, 0.3) is 6.08 Å². The lowest BCUT2D eigenvalue weighted by Gasteiger charge is -2.10. The summed E-state index contributed by atoms with van der Waals surface area (Å²) >= 11 is 0. The zero-order valence-electron chi connectivity index (χ0n) is 12.3. The largest absolute Gasteiger partial charge is 0.493 e. The van der Waals surface area contributed by atoms with Gasteiger partial charge in [-0.15, -0.1) is 0 Å². The van der Waals surface area contributed by atoms with Crippen LogP contribution in [0.4, 0.5) is 0 Å². The molecule has 20 heavy (non-hydrogen) atoms. The Bertz CT molecular complexity index is 471. The first-order valence-electron chi connectivity index (χ1n) is 6.30. The van der Waals surface area contributed by atoms with Crippen LogP contribution < -0.4 is 14.8 Å². The Hall–Kier alpha value is -2.01. The minimum absolute atomic E-state index is 0.0254. The van der Waals surface area contributed by atoms with E-state index in [0.717, 1.165) is 5.56 Å². The average molecular weight is 279 g/mol. The summed E-state index contributed by atoms with van der Waals surface area (Å²) in [7, 11) is 4.75. The molecule has 5 nitrogen and oxygen atoms in total. The average Bonchev–Trinajstić information content (AvgIpc) is 2.44. The maximum atomic E-state index is 11.7. The minimum atomic E-state index is -0.163. The molecule has 0 fully saturated rings. The fourth-order valence-corrected chi connectivity index (χ4v) is 1.71. The Morgan fingerprint density at radius 3 is 2.55 bits per heavy atom. The van der Waals surface area contributed by atoms with Gasteiger partial charge in [0.05, 0.1) is 20.8 Å². The summed E-state index contributed by atoms with van der Waals surface area (Å²) in [5, 5.41) is 2.80. The third-order valence-electron chi connectivity index (χ3n) is 2.64. The van der Waals surface area contributed by atoms with Crippen LogP contribution in [0.15, 0.2) is 24.3 Å². The molecule has 110 valence electrons. The van der Waals surface area contributed by atoms with E-state index in [-0.39, 0.29) is 11.9 Å². The van der Waals surface area contributed by atoms with E-state index >= 15 is 0 Å². The van der Waals surface area contributed by atoms with Gasteiger partial charge in [-0.3, -0.25) is 4.79 Å². The van der Waals surface area contributed by atoms with Crippen molar-refractivity contribution in [2.24, 2.45) is 0 Å². The number of methoxy groups -OCH3 is 3. The number of hydrogen-bond donors (Lipinski definition) is 1. The number of carbonyl (C=O) groups excluding carboxylic acids is 1. The van der Waals surface area contributed by atoms with Crippen molar-refractivity contribution in [1.29, 1.82) is 0 Å². The second-order valence-corrected chi connectivity index (χ2v) is 4.31. The summed E-state index contributed by atoms with van der Waals surface area (Å²) in [6.45, 7) is 2.36. The maximum absolute atomic E-state index is 11.7. The van der Waals surface area contributed by atoms with E-state index in [1.165, 1.54) is 6.08 Å². The number of nitrogens with one attached hydrogen (secondary N) is 1. The van der Waals surface area contributed by atoms with Crippen LogP contribution in [0.1, 0.15) is 12.5 Å². The molecule has 0 heterocycles.